The first-order valence-electron chi connectivity index (χ1n) is 8.03. The van der Waals surface area contributed by atoms with Gasteiger partial charge in [0.2, 0.25) is 0 Å². The van der Waals surface area contributed by atoms with E-state index in [4.69, 9.17) is 14.2 Å². The molecule has 0 saturated carbocycles. The van der Waals surface area contributed by atoms with Gasteiger partial charge < -0.3 is 0 Å². The Hall–Kier alpha value is -2.23. The number of carbonyl (C=O) groups excluding carboxylic acids is 1. The Kier molecular flexibility index (Phi) is 5.46. The van der Waals surface area contributed by atoms with Crippen LogP contribution in [0.3, 0.4) is 0 Å². The van der Waals surface area contributed by atoms with Crippen LogP contribution in [0.1, 0.15) is 28.4 Å². The summed E-state index contributed by atoms with van der Waals surface area (Å²) in [7, 11) is 3.29. The first-order chi connectivity index (χ1) is 12.2. The first-order valence-corrected chi connectivity index (χ1v) is 10.0. The van der Waals surface area contributed by atoms with Crippen molar-refractivity contribution in [1.82, 2.24) is 0 Å². The molecule has 5 heteroatoms. The van der Waals surface area contributed by atoms with Gasteiger partial charge in [-0.25, -0.2) is 0 Å². The third-order valence-electron chi connectivity index (χ3n) is 4.07. The second-order valence-electron chi connectivity index (χ2n) is 5.49. The molecule has 0 spiro atoms. The van der Waals surface area contributed by atoms with E-state index in [1.165, 1.54) is 5.56 Å². The van der Waals surface area contributed by atoms with Crippen LogP contribution in [-0.2, 0) is 9.53 Å². The van der Waals surface area contributed by atoms with Gasteiger partial charge in [-0.1, -0.05) is 0 Å². The Morgan fingerprint density at radius 3 is 2.36 bits per heavy atom. The van der Waals surface area contributed by atoms with Crippen molar-refractivity contribution in [1.29, 1.82) is 0 Å². The summed E-state index contributed by atoms with van der Waals surface area (Å²) in [5, 5.41) is 0. The van der Waals surface area contributed by atoms with E-state index in [0.717, 1.165) is 22.6 Å². The molecule has 0 bridgehead atoms. The zero-order valence-corrected chi connectivity index (χ0v) is 16.2. The van der Waals surface area contributed by atoms with Gasteiger partial charge in [-0.3, -0.25) is 0 Å². The standard InChI is InChI=1S/C20H20O4Se/c1-4-24-20(21)18-12-25-19(13-5-7-14(22-2)8-6-13)16-10-9-15(23-3)11-17(16)18/h5-12,19H,4H2,1-3H3. The zero-order chi connectivity index (χ0) is 17.8. The summed E-state index contributed by atoms with van der Waals surface area (Å²) in [5.41, 5.74) is 3.88. The molecule has 0 aliphatic carbocycles. The minimum absolute atomic E-state index is 0.109. The summed E-state index contributed by atoms with van der Waals surface area (Å²) in [6, 6.07) is 14.0. The molecule has 130 valence electrons. The van der Waals surface area contributed by atoms with Gasteiger partial charge in [-0.05, 0) is 0 Å². The number of esters is 1. The molecule has 1 aliphatic heterocycles. The molecule has 1 aliphatic rings. The number of ether oxygens (including phenoxy) is 3. The SMILES string of the molecule is CCOC(=O)C1=C[Se]C(c2ccc(OC)cc2)c2ccc(OC)cc21. The van der Waals surface area contributed by atoms with Crippen molar-refractivity contribution in [3.05, 3.63) is 64.1 Å². The predicted octanol–water partition coefficient (Wildman–Crippen LogP) is 3.42. The van der Waals surface area contributed by atoms with Gasteiger partial charge in [-0.15, -0.1) is 0 Å². The van der Waals surface area contributed by atoms with E-state index < -0.39 is 0 Å². The molecule has 25 heavy (non-hydrogen) atoms. The van der Waals surface area contributed by atoms with Crippen LogP contribution in [0.15, 0.2) is 47.4 Å². The van der Waals surface area contributed by atoms with Crippen LogP contribution in [0.5, 0.6) is 11.5 Å². The molecule has 0 amide bonds. The van der Waals surface area contributed by atoms with Gasteiger partial charge in [0.15, 0.2) is 0 Å². The van der Waals surface area contributed by atoms with Crippen LogP contribution in [-0.4, -0.2) is 41.8 Å². The zero-order valence-electron chi connectivity index (χ0n) is 14.4. The van der Waals surface area contributed by atoms with Crippen molar-refractivity contribution in [2.45, 2.75) is 11.7 Å². The number of methoxy groups -OCH3 is 2. The molecule has 1 heterocycles. The fraction of sp³-hybridized carbons (Fsp3) is 0.250. The number of fused-ring (bicyclic) bond motifs is 1. The Morgan fingerprint density at radius 1 is 1.04 bits per heavy atom. The predicted molar refractivity (Wildman–Crippen MR) is 98.2 cm³/mol. The summed E-state index contributed by atoms with van der Waals surface area (Å²) >= 11 is 0.109. The van der Waals surface area contributed by atoms with Gasteiger partial charge in [0.1, 0.15) is 0 Å². The molecule has 4 nitrogen and oxygen atoms in total. The molecule has 3 rings (SSSR count). The fourth-order valence-corrected chi connectivity index (χ4v) is 5.24. The average Bonchev–Trinajstić information content (AvgIpc) is 2.67. The van der Waals surface area contributed by atoms with Gasteiger partial charge in [0.25, 0.3) is 0 Å². The van der Waals surface area contributed by atoms with E-state index in [9.17, 15) is 4.79 Å². The monoisotopic (exact) mass is 404 g/mol. The summed E-state index contributed by atoms with van der Waals surface area (Å²) in [5.74, 6) is 1.30. The molecule has 0 saturated heterocycles. The van der Waals surface area contributed by atoms with Crippen LogP contribution < -0.4 is 9.47 Å². The number of carbonyl (C=O) groups is 1. The third kappa shape index (κ3) is 3.58. The second-order valence-corrected chi connectivity index (χ2v) is 7.55. The topological polar surface area (TPSA) is 44.8 Å². The van der Waals surface area contributed by atoms with Crippen molar-refractivity contribution in [3.63, 3.8) is 0 Å². The summed E-state index contributed by atoms with van der Waals surface area (Å²) in [6.07, 6.45) is 0. The van der Waals surface area contributed by atoms with Crippen LogP contribution in [0.4, 0.5) is 0 Å². The van der Waals surface area contributed by atoms with Crippen LogP contribution in [0, 0.1) is 0 Å². The van der Waals surface area contributed by atoms with Crippen LogP contribution in [0.2, 0.25) is 0 Å². The number of hydrogen-bond donors (Lipinski definition) is 0. The van der Waals surface area contributed by atoms with E-state index in [-0.39, 0.29) is 25.7 Å². The third-order valence-corrected chi connectivity index (χ3v) is 6.52. The molecule has 2 aromatic rings. The quantitative estimate of drug-likeness (QED) is 0.567. The van der Waals surface area contributed by atoms with Gasteiger partial charge >= 0.3 is 154 Å². The van der Waals surface area contributed by atoms with E-state index in [0.29, 0.717) is 12.2 Å². The molecule has 0 radical (unpaired) electrons. The van der Waals surface area contributed by atoms with Crippen molar-refractivity contribution in [2.24, 2.45) is 0 Å². The van der Waals surface area contributed by atoms with E-state index in [2.05, 4.69) is 18.2 Å². The molecule has 1 unspecified atom stereocenters. The fourth-order valence-electron chi connectivity index (χ4n) is 2.80. The summed E-state index contributed by atoms with van der Waals surface area (Å²) in [4.78, 5) is 14.6. The molecular formula is C20H20O4Se. The number of rotatable bonds is 5. The van der Waals surface area contributed by atoms with Crippen LogP contribution in [0.25, 0.3) is 5.57 Å². The Labute approximate surface area is 153 Å². The molecule has 2 aromatic carbocycles. The normalized spacial score (nSPS) is 15.8. The van der Waals surface area contributed by atoms with E-state index >= 15 is 0 Å². The van der Waals surface area contributed by atoms with Gasteiger partial charge in [0, 0.05) is 0 Å². The van der Waals surface area contributed by atoms with Crippen molar-refractivity contribution in [2.75, 3.05) is 20.8 Å². The van der Waals surface area contributed by atoms with Crippen molar-refractivity contribution >= 4 is 26.5 Å². The summed E-state index contributed by atoms with van der Waals surface area (Å²) in [6.45, 7) is 2.18. The molecule has 1 atom stereocenters. The maximum atomic E-state index is 12.3. The molecule has 0 fully saturated rings. The first kappa shape index (κ1) is 17.6. The Balaban J connectivity index is 2.03. The van der Waals surface area contributed by atoms with Crippen LogP contribution >= 0.6 is 0 Å². The van der Waals surface area contributed by atoms with Crippen molar-refractivity contribution < 1.29 is 19.0 Å². The van der Waals surface area contributed by atoms with Gasteiger partial charge in [-0.2, -0.15) is 0 Å². The van der Waals surface area contributed by atoms with Gasteiger partial charge in [0.05, 0.1) is 0 Å². The average molecular weight is 403 g/mol. The molecule has 0 N–H and O–H groups in total. The molecule has 0 aromatic heterocycles. The van der Waals surface area contributed by atoms with E-state index in [1.807, 2.05) is 36.2 Å². The Bertz CT molecular complexity index is 796. The van der Waals surface area contributed by atoms with E-state index in [1.54, 1.807) is 14.2 Å². The van der Waals surface area contributed by atoms with Crippen molar-refractivity contribution in [3.8, 4) is 11.5 Å². The maximum absolute atomic E-state index is 12.3. The summed E-state index contributed by atoms with van der Waals surface area (Å²) < 4.78 is 15.8. The second kappa shape index (κ2) is 7.77. The Morgan fingerprint density at radius 2 is 1.72 bits per heavy atom. The number of benzene rings is 2. The minimum atomic E-state index is -0.271. The number of hydrogen-bond acceptors (Lipinski definition) is 4. The molecular weight excluding hydrogens is 383 g/mol.